The summed E-state index contributed by atoms with van der Waals surface area (Å²) >= 11 is 0. The van der Waals surface area contributed by atoms with Crippen molar-refractivity contribution >= 4 is 17.6 Å². The van der Waals surface area contributed by atoms with Crippen molar-refractivity contribution in [2.75, 3.05) is 0 Å². The van der Waals surface area contributed by atoms with Gasteiger partial charge in [-0.25, -0.2) is 0 Å². The third-order valence-corrected chi connectivity index (χ3v) is 9.20. The van der Waals surface area contributed by atoms with E-state index in [1.807, 2.05) is 24.0 Å². The summed E-state index contributed by atoms with van der Waals surface area (Å²) in [5.41, 5.74) is 4.51. The number of hydrogen-bond acceptors (Lipinski definition) is 3. The number of allylic oxidation sites excluding steroid dienone is 2. The van der Waals surface area contributed by atoms with Crippen molar-refractivity contribution < 1.29 is 9.59 Å². The SMILES string of the molecule is Cc1c(/C=C2/C[C@H]3[C@@H]4CCC5=CC(=O)CC[C@]5(C)[C@H]4CC[C@]3(C)C2=O)cnn1C. The lowest BCUT2D eigenvalue weighted by Gasteiger charge is -2.56. The lowest BCUT2D eigenvalue weighted by Crippen LogP contribution is -2.50. The van der Waals surface area contributed by atoms with Gasteiger partial charge in [0.25, 0.3) is 0 Å². The summed E-state index contributed by atoms with van der Waals surface area (Å²) in [6, 6.07) is 0. The van der Waals surface area contributed by atoms with Crippen LogP contribution in [-0.2, 0) is 16.6 Å². The van der Waals surface area contributed by atoms with E-state index in [2.05, 4.69) is 31.9 Å². The average Bonchev–Trinajstić information content (AvgIpc) is 3.14. The first-order valence-corrected chi connectivity index (χ1v) is 11.2. The van der Waals surface area contributed by atoms with Crippen molar-refractivity contribution in [2.45, 2.75) is 65.7 Å². The zero-order valence-electron chi connectivity index (χ0n) is 18.1. The second-order valence-corrected chi connectivity index (χ2v) is 10.4. The van der Waals surface area contributed by atoms with Crippen LogP contribution < -0.4 is 0 Å². The fourth-order valence-electron chi connectivity index (χ4n) is 7.20. The van der Waals surface area contributed by atoms with Crippen LogP contribution >= 0.6 is 0 Å². The molecule has 154 valence electrons. The molecule has 5 atom stereocenters. The Morgan fingerprint density at radius 1 is 1.10 bits per heavy atom. The summed E-state index contributed by atoms with van der Waals surface area (Å²) in [7, 11) is 1.95. The van der Waals surface area contributed by atoms with E-state index in [1.165, 1.54) is 5.57 Å². The Hall–Kier alpha value is -1.97. The lowest BCUT2D eigenvalue weighted by atomic mass is 9.47. The largest absolute Gasteiger partial charge is 0.295 e. The second-order valence-electron chi connectivity index (χ2n) is 10.4. The second kappa shape index (κ2) is 6.26. The molecular formula is C25H32N2O2. The number of hydrogen-bond donors (Lipinski definition) is 0. The molecule has 0 unspecified atom stereocenters. The Morgan fingerprint density at radius 3 is 2.62 bits per heavy atom. The van der Waals surface area contributed by atoms with E-state index >= 15 is 0 Å². The normalized spacial score (nSPS) is 40.5. The van der Waals surface area contributed by atoms with Crippen LogP contribution in [0.4, 0.5) is 0 Å². The van der Waals surface area contributed by atoms with Gasteiger partial charge in [0.15, 0.2) is 11.6 Å². The first kappa shape index (κ1) is 19.0. The molecular weight excluding hydrogens is 360 g/mol. The third-order valence-electron chi connectivity index (χ3n) is 9.20. The van der Waals surface area contributed by atoms with Gasteiger partial charge in [-0.2, -0.15) is 5.10 Å². The highest BCUT2D eigenvalue weighted by Crippen LogP contribution is 2.65. The summed E-state index contributed by atoms with van der Waals surface area (Å²) in [5.74, 6) is 2.32. The summed E-state index contributed by atoms with van der Waals surface area (Å²) in [5, 5.41) is 4.34. The van der Waals surface area contributed by atoms with E-state index in [1.54, 1.807) is 0 Å². The number of aryl methyl sites for hydroxylation is 1. The number of fused-ring (bicyclic) bond motifs is 5. The molecule has 0 aromatic carbocycles. The maximum Gasteiger partial charge on any atom is 0.165 e. The van der Waals surface area contributed by atoms with Crippen LogP contribution in [0.25, 0.3) is 6.08 Å². The topological polar surface area (TPSA) is 52.0 Å². The van der Waals surface area contributed by atoms with Gasteiger partial charge >= 0.3 is 0 Å². The molecule has 0 radical (unpaired) electrons. The number of carbonyl (C=O) groups excluding carboxylic acids is 2. The van der Waals surface area contributed by atoms with Crippen molar-refractivity contribution in [3.63, 3.8) is 0 Å². The van der Waals surface area contributed by atoms with Crippen LogP contribution in [0, 0.1) is 35.5 Å². The first-order chi connectivity index (χ1) is 13.7. The Morgan fingerprint density at radius 2 is 1.90 bits per heavy atom. The number of nitrogens with zero attached hydrogens (tertiary/aromatic N) is 2. The number of aromatic nitrogens is 2. The van der Waals surface area contributed by atoms with Crippen LogP contribution in [0.15, 0.2) is 23.4 Å². The van der Waals surface area contributed by atoms with E-state index < -0.39 is 0 Å². The lowest BCUT2D eigenvalue weighted by molar-refractivity contribution is -0.130. The van der Waals surface area contributed by atoms with E-state index in [4.69, 9.17) is 0 Å². The van der Waals surface area contributed by atoms with E-state index in [9.17, 15) is 9.59 Å². The number of carbonyl (C=O) groups is 2. The van der Waals surface area contributed by atoms with Crippen LogP contribution in [0.1, 0.15) is 70.1 Å². The minimum Gasteiger partial charge on any atom is -0.295 e. The highest BCUT2D eigenvalue weighted by Gasteiger charge is 2.60. The maximum absolute atomic E-state index is 13.5. The van der Waals surface area contributed by atoms with Crippen molar-refractivity contribution in [2.24, 2.45) is 35.6 Å². The highest BCUT2D eigenvalue weighted by atomic mass is 16.1. The van der Waals surface area contributed by atoms with Gasteiger partial charge in [0, 0.05) is 30.1 Å². The van der Waals surface area contributed by atoms with E-state index in [0.717, 1.165) is 55.4 Å². The predicted molar refractivity (Wildman–Crippen MR) is 113 cm³/mol. The van der Waals surface area contributed by atoms with Gasteiger partial charge in [-0.1, -0.05) is 19.4 Å². The summed E-state index contributed by atoms with van der Waals surface area (Å²) in [6.45, 7) is 6.69. The molecule has 1 aromatic rings. The zero-order valence-corrected chi connectivity index (χ0v) is 18.1. The highest BCUT2D eigenvalue weighted by molar-refractivity contribution is 6.06. The molecule has 4 heteroatoms. The molecule has 0 bridgehead atoms. The summed E-state index contributed by atoms with van der Waals surface area (Å²) < 4.78 is 1.87. The molecule has 1 heterocycles. The smallest absolute Gasteiger partial charge is 0.165 e. The maximum atomic E-state index is 13.5. The van der Waals surface area contributed by atoms with Gasteiger partial charge in [0.05, 0.1) is 6.20 Å². The van der Waals surface area contributed by atoms with Crippen molar-refractivity contribution in [1.82, 2.24) is 9.78 Å². The van der Waals surface area contributed by atoms with Gasteiger partial charge < -0.3 is 0 Å². The quantitative estimate of drug-likeness (QED) is 0.644. The molecule has 4 nitrogen and oxygen atoms in total. The van der Waals surface area contributed by atoms with Gasteiger partial charge in [0.1, 0.15) is 0 Å². The Labute approximate surface area is 173 Å². The molecule has 3 fully saturated rings. The molecule has 0 spiro atoms. The molecule has 1 aromatic heterocycles. The number of rotatable bonds is 1. The summed E-state index contributed by atoms with van der Waals surface area (Å²) in [4.78, 5) is 25.5. The van der Waals surface area contributed by atoms with E-state index in [0.29, 0.717) is 35.7 Å². The van der Waals surface area contributed by atoms with Gasteiger partial charge in [-0.05, 0) is 86.3 Å². The molecule has 4 aliphatic carbocycles. The monoisotopic (exact) mass is 392 g/mol. The van der Waals surface area contributed by atoms with E-state index in [-0.39, 0.29) is 10.8 Å². The molecule has 29 heavy (non-hydrogen) atoms. The minimum atomic E-state index is -0.217. The van der Waals surface area contributed by atoms with Crippen LogP contribution in [0.2, 0.25) is 0 Å². The van der Waals surface area contributed by atoms with Gasteiger partial charge in [-0.15, -0.1) is 0 Å². The molecule has 0 saturated heterocycles. The zero-order chi connectivity index (χ0) is 20.6. The van der Waals surface area contributed by atoms with Crippen LogP contribution in [0.5, 0.6) is 0 Å². The van der Waals surface area contributed by atoms with Crippen molar-refractivity contribution in [3.8, 4) is 0 Å². The standard InChI is InChI=1S/C25H32N2O2/c1-15-17(14-26-27(15)4)11-16-12-22-20-6-5-18-13-19(28)7-9-24(18,2)21(20)8-10-25(22,3)23(16)29/h11,13-14,20-22H,5-10,12H2,1-4H3/b16-11-/t20-,21+,22+,24+,25+/m1/s1. The fourth-order valence-corrected chi connectivity index (χ4v) is 7.20. The molecule has 4 aliphatic rings. The minimum absolute atomic E-state index is 0.160. The molecule has 3 saturated carbocycles. The van der Waals surface area contributed by atoms with Crippen molar-refractivity contribution in [1.29, 1.82) is 0 Å². The Balaban J connectivity index is 1.49. The number of Topliss-reactive ketones (excluding diaryl/α,β-unsaturated/α-hetero) is 1. The third kappa shape index (κ3) is 2.60. The molecule has 5 rings (SSSR count). The fraction of sp³-hybridized carbons (Fsp3) is 0.640. The number of ketones is 2. The predicted octanol–water partition coefficient (Wildman–Crippen LogP) is 4.82. The van der Waals surface area contributed by atoms with Gasteiger partial charge in [0.2, 0.25) is 0 Å². The Kier molecular flexibility index (Phi) is 4.11. The molecule has 0 N–H and O–H groups in total. The molecule has 0 aliphatic heterocycles. The Bertz CT molecular complexity index is 967. The average molecular weight is 393 g/mol. The van der Waals surface area contributed by atoms with Gasteiger partial charge in [-0.3, -0.25) is 14.3 Å². The first-order valence-electron chi connectivity index (χ1n) is 11.2. The summed E-state index contributed by atoms with van der Waals surface area (Å²) in [6.07, 6.45) is 12.8. The van der Waals surface area contributed by atoms with Crippen molar-refractivity contribution in [3.05, 3.63) is 34.7 Å². The molecule has 0 amide bonds. The van der Waals surface area contributed by atoms with Crippen LogP contribution in [0.3, 0.4) is 0 Å². The van der Waals surface area contributed by atoms with Crippen LogP contribution in [-0.4, -0.2) is 21.3 Å².